The predicted molar refractivity (Wildman–Crippen MR) is 146 cm³/mol. The largest absolute Gasteiger partial charge is 0.378 e. The quantitative estimate of drug-likeness (QED) is 0.201. The van der Waals surface area contributed by atoms with Crippen LogP contribution in [0, 0.1) is 0 Å². The summed E-state index contributed by atoms with van der Waals surface area (Å²) < 4.78 is 31.4. The molecule has 4 aromatic rings. The minimum absolute atomic E-state index is 0.00484. The molecule has 4 aromatic carbocycles. The number of carbonyl (C=O) groups excluding carboxylic acids is 1. The Hall–Kier alpha value is -3.91. The molecule has 1 amide bonds. The van der Waals surface area contributed by atoms with Gasteiger partial charge in [-0.25, -0.2) is 0 Å². The first-order valence-electron chi connectivity index (χ1n) is 11.1. The van der Waals surface area contributed by atoms with Gasteiger partial charge in [-0.1, -0.05) is 71.7 Å². The lowest BCUT2D eigenvalue weighted by atomic mass is 10.00. The maximum absolute atomic E-state index is 13.6. The van der Waals surface area contributed by atoms with E-state index in [9.17, 15) is 13.2 Å². The van der Waals surface area contributed by atoms with Gasteiger partial charge in [0.1, 0.15) is 16.4 Å². The first-order chi connectivity index (χ1) is 17.8. The summed E-state index contributed by atoms with van der Waals surface area (Å²) in [5.41, 5.74) is 2.30. The normalized spacial score (nSPS) is 14.6. The van der Waals surface area contributed by atoms with Crippen molar-refractivity contribution in [3.8, 4) is 5.75 Å². The van der Waals surface area contributed by atoms with Crippen LogP contribution < -0.4 is 9.19 Å². The molecule has 0 saturated carbocycles. The number of rotatable bonds is 6. The average molecular weight is 549 g/mol. The molecular weight excluding hydrogens is 531 g/mol. The number of benzene rings is 4. The van der Waals surface area contributed by atoms with Crippen LogP contribution in [0.4, 0.5) is 5.69 Å². The van der Waals surface area contributed by atoms with E-state index < -0.39 is 10.1 Å². The lowest BCUT2D eigenvalue weighted by molar-refractivity contribution is -0.114. The summed E-state index contributed by atoms with van der Waals surface area (Å²) in [6, 6.07) is 28.4. The third-order valence-electron chi connectivity index (χ3n) is 5.50. The SMILES string of the molecule is O=C1/C(=C\c2cc(Cl)ccc2OS(=O)(=O)c2ccc(Cl)cc2)C(c2ccccc2)=NN1c1ccccc1. The van der Waals surface area contributed by atoms with Gasteiger partial charge in [0.2, 0.25) is 0 Å². The van der Waals surface area contributed by atoms with Crippen LogP contribution in [-0.2, 0) is 14.9 Å². The summed E-state index contributed by atoms with van der Waals surface area (Å²) >= 11 is 12.1. The summed E-state index contributed by atoms with van der Waals surface area (Å²) in [6.07, 6.45) is 1.54. The zero-order valence-corrected chi connectivity index (χ0v) is 21.4. The Bertz CT molecular complexity index is 1640. The van der Waals surface area contributed by atoms with Gasteiger partial charge in [0, 0.05) is 21.2 Å². The van der Waals surface area contributed by atoms with E-state index in [1.54, 1.807) is 12.1 Å². The molecule has 0 aromatic heterocycles. The Morgan fingerprint density at radius 2 is 1.41 bits per heavy atom. The van der Waals surface area contributed by atoms with Crippen molar-refractivity contribution in [3.05, 3.63) is 130 Å². The summed E-state index contributed by atoms with van der Waals surface area (Å²) in [6.45, 7) is 0. The Balaban J connectivity index is 1.60. The molecule has 0 atom stereocenters. The molecule has 0 fully saturated rings. The second kappa shape index (κ2) is 10.2. The molecule has 37 heavy (non-hydrogen) atoms. The lowest BCUT2D eigenvalue weighted by Gasteiger charge is -2.12. The molecule has 0 spiro atoms. The van der Waals surface area contributed by atoms with Crippen molar-refractivity contribution in [1.29, 1.82) is 0 Å². The molecule has 1 aliphatic heterocycles. The maximum Gasteiger partial charge on any atom is 0.339 e. The number of halogens is 2. The van der Waals surface area contributed by atoms with Gasteiger partial charge in [0.25, 0.3) is 5.91 Å². The predicted octanol–water partition coefficient (Wildman–Crippen LogP) is 6.60. The zero-order chi connectivity index (χ0) is 26.0. The van der Waals surface area contributed by atoms with E-state index in [1.165, 1.54) is 53.5 Å². The fraction of sp³-hybridized carbons (Fsp3) is 0. The van der Waals surface area contributed by atoms with E-state index in [1.807, 2.05) is 48.5 Å². The van der Waals surface area contributed by atoms with Crippen LogP contribution in [0.3, 0.4) is 0 Å². The van der Waals surface area contributed by atoms with E-state index in [2.05, 4.69) is 5.10 Å². The van der Waals surface area contributed by atoms with Crippen LogP contribution in [-0.4, -0.2) is 20.0 Å². The molecule has 6 nitrogen and oxygen atoms in total. The topological polar surface area (TPSA) is 76.0 Å². The highest BCUT2D eigenvalue weighted by molar-refractivity contribution is 7.87. The van der Waals surface area contributed by atoms with E-state index >= 15 is 0 Å². The lowest BCUT2D eigenvalue weighted by Crippen LogP contribution is -2.21. The van der Waals surface area contributed by atoms with Crippen LogP contribution in [0.2, 0.25) is 10.0 Å². The van der Waals surface area contributed by atoms with Gasteiger partial charge in [-0.05, 0) is 60.7 Å². The second-order valence-corrected chi connectivity index (χ2v) is 10.4. The highest BCUT2D eigenvalue weighted by Crippen LogP contribution is 2.32. The Morgan fingerprint density at radius 1 is 0.784 bits per heavy atom. The van der Waals surface area contributed by atoms with Gasteiger partial charge in [0.15, 0.2) is 0 Å². The molecule has 9 heteroatoms. The van der Waals surface area contributed by atoms with Crippen molar-refractivity contribution in [2.45, 2.75) is 4.90 Å². The Morgan fingerprint density at radius 3 is 2.08 bits per heavy atom. The molecule has 0 saturated heterocycles. The molecule has 1 aliphatic rings. The van der Waals surface area contributed by atoms with Crippen LogP contribution in [0.1, 0.15) is 11.1 Å². The summed E-state index contributed by atoms with van der Waals surface area (Å²) in [4.78, 5) is 13.5. The van der Waals surface area contributed by atoms with Crippen LogP contribution in [0.25, 0.3) is 6.08 Å². The van der Waals surface area contributed by atoms with Crippen LogP contribution in [0.5, 0.6) is 5.75 Å². The van der Waals surface area contributed by atoms with Gasteiger partial charge in [0.05, 0.1) is 11.3 Å². The number of carbonyl (C=O) groups is 1. The van der Waals surface area contributed by atoms with Crippen LogP contribution >= 0.6 is 23.2 Å². The number of nitrogens with zero attached hydrogens (tertiary/aromatic N) is 2. The van der Waals surface area contributed by atoms with Crippen molar-refractivity contribution >= 4 is 56.7 Å². The van der Waals surface area contributed by atoms with Crippen molar-refractivity contribution in [3.63, 3.8) is 0 Å². The third-order valence-corrected chi connectivity index (χ3v) is 7.23. The maximum atomic E-state index is 13.6. The minimum Gasteiger partial charge on any atom is -0.378 e. The summed E-state index contributed by atoms with van der Waals surface area (Å²) in [5.74, 6) is -0.373. The van der Waals surface area contributed by atoms with Gasteiger partial charge in [-0.3, -0.25) is 4.79 Å². The van der Waals surface area contributed by atoms with E-state index in [4.69, 9.17) is 27.4 Å². The van der Waals surface area contributed by atoms with Gasteiger partial charge < -0.3 is 4.18 Å². The fourth-order valence-electron chi connectivity index (χ4n) is 3.73. The second-order valence-electron chi connectivity index (χ2n) is 8.00. The van der Waals surface area contributed by atoms with Crippen LogP contribution in [0.15, 0.2) is 119 Å². The number of anilines is 1. The number of hydrogen-bond acceptors (Lipinski definition) is 5. The first kappa shape index (κ1) is 24.8. The summed E-state index contributed by atoms with van der Waals surface area (Å²) in [7, 11) is -4.19. The van der Waals surface area contributed by atoms with Crippen molar-refractivity contribution in [2.75, 3.05) is 5.01 Å². The Labute approximate surface area is 224 Å². The van der Waals surface area contributed by atoms with E-state index in [0.29, 0.717) is 27.0 Å². The first-order valence-corrected chi connectivity index (χ1v) is 13.2. The third kappa shape index (κ3) is 5.29. The molecule has 184 valence electrons. The van der Waals surface area contributed by atoms with E-state index in [0.717, 1.165) is 5.56 Å². The number of para-hydroxylation sites is 1. The highest BCUT2D eigenvalue weighted by atomic mass is 35.5. The number of hydrogen-bond donors (Lipinski definition) is 0. The highest BCUT2D eigenvalue weighted by Gasteiger charge is 2.32. The molecule has 0 N–H and O–H groups in total. The monoisotopic (exact) mass is 548 g/mol. The van der Waals surface area contributed by atoms with Crippen molar-refractivity contribution in [1.82, 2.24) is 0 Å². The molecule has 0 bridgehead atoms. The Kier molecular flexibility index (Phi) is 6.84. The molecule has 0 unspecified atom stereocenters. The standard InChI is InChI=1S/C28H18Cl2N2O4S/c29-21-11-14-24(15-12-21)37(34,35)36-26-16-13-22(30)17-20(26)18-25-27(19-7-3-1-4-8-19)31-32(28(25)33)23-9-5-2-6-10-23/h1-18H/b25-18-. The minimum atomic E-state index is -4.19. The molecule has 5 rings (SSSR count). The molecule has 0 radical (unpaired) electrons. The molecule has 1 heterocycles. The molecular formula is C28H18Cl2N2O4S. The van der Waals surface area contributed by atoms with Gasteiger partial charge in [-0.2, -0.15) is 18.5 Å². The number of amides is 1. The van der Waals surface area contributed by atoms with E-state index in [-0.39, 0.29) is 22.1 Å². The fourth-order valence-corrected chi connectivity index (χ4v) is 4.99. The zero-order valence-electron chi connectivity index (χ0n) is 19.1. The average Bonchev–Trinajstić information content (AvgIpc) is 3.22. The van der Waals surface area contributed by atoms with Gasteiger partial charge in [-0.15, -0.1) is 0 Å². The van der Waals surface area contributed by atoms with Crippen molar-refractivity contribution < 1.29 is 17.4 Å². The van der Waals surface area contributed by atoms with Gasteiger partial charge >= 0.3 is 10.1 Å². The smallest absolute Gasteiger partial charge is 0.339 e. The van der Waals surface area contributed by atoms with Crippen molar-refractivity contribution in [2.24, 2.45) is 5.10 Å². The number of hydrazone groups is 1. The molecule has 0 aliphatic carbocycles. The summed E-state index contributed by atoms with van der Waals surface area (Å²) in [5, 5.41) is 6.64.